The molecule has 1 unspecified atom stereocenters. The first-order valence-electron chi connectivity index (χ1n) is 8.86. The Morgan fingerprint density at radius 1 is 1.07 bits per heavy atom. The molecule has 28 heavy (non-hydrogen) atoms. The number of hydrazone groups is 1. The highest BCUT2D eigenvalue weighted by Gasteiger charge is 2.33. The Morgan fingerprint density at radius 2 is 1.79 bits per heavy atom. The Labute approximate surface area is 168 Å². The molecule has 1 aliphatic heterocycles. The molecule has 2 aromatic rings. The SMILES string of the molecule is COC(=O)CSCC(=O)N1N=C(c2ccccc2)CC1c1ccc(OC)cc1. The lowest BCUT2D eigenvalue weighted by molar-refractivity contribution is -0.137. The molecule has 0 N–H and O–H groups in total. The van der Waals surface area contributed by atoms with Gasteiger partial charge < -0.3 is 9.47 Å². The molecular weight excluding hydrogens is 376 g/mol. The standard InChI is InChI=1S/C21H22N2O4S/c1-26-17-10-8-16(9-11-17)19-12-18(15-6-4-3-5-7-15)22-23(19)20(24)13-28-14-21(25)27-2/h3-11,19H,12-14H2,1-2H3. The number of ether oxygens (including phenoxy) is 2. The molecule has 0 aromatic heterocycles. The average molecular weight is 398 g/mol. The molecule has 6 nitrogen and oxygen atoms in total. The number of hydrogen-bond acceptors (Lipinski definition) is 6. The summed E-state index contributed by atoms with van der Waals surface area (Å²) in [5.41, 5.74) is 2.85. The molecule has 0 aliphatic carbocycles. The number of esters is 1. The third-order valence-corrected chi connectivity index (χ3v) is 5.34. The molecule has 2 aromatic carbocycles. The minimum absolute atomic E-state index is 0.137. The van der Waals surface area contributed by atoms with E-state index in [0.717, 1.165) is 22.6 Å². The van der Waals surface area contributed by atoms with Crippen LogP contribution in [-0.2, 0) is 14.3 Å². The van der Waals surface area contributed by atoms with Crippen LogP contribution >= 0.6 is 11.8 Å². The van der Waals surface area contributed by atoms with Gasteiger partial charge in [0.15, 0.2) is 0 Å². The first kappa shape index (κ1) is 19.9. The zero-order valence-corrected chi connectivity index (χ0v) is 16.6. The number of carbonyl (C=O) groups is 2. The Balaban J connectivity index is 1.80. The molecule has 0 bridgehead atoms. The van der Waals surface area contributed by atoms with Crippen molar-refractivity contribution in [2.45, 2.75) is 12.5 Å². The summed E-state index contributed by atoms with van der Waals surface area (Å²) in [4.78, 5) is 24.1. The molecule has 7 heteroatoms. The van der Waals surface area contributed by atoms with E-state index in [1.54, 1.807) is 7.11 Å². The third-order valence-electron chi connectivity index (χ3n) is 4.45. The van der Waals surface area contributed by atoms with Gasteiger partial charge in [0.2, 0.25) is 0 Å². The second-order valence-corrected chi connectivity index (χ2v) is 7.20. The van der Waals surface area contributed by atoms with E-state index in [-0.39, 0.29) is 29.4 Å². The van der Waals surface area contributed by atoms with Crippen LogP contribution in [0.1, 0.15) is 23.6 Å². The van der Waals surface area contributed by atoms with Crippen LogP contribution < -0.4 is 4.74 Å². The van der Waals surface area contributed by atoms with Crippen molar-refractivity contribution in [1.29, 1.82) is 0 Å². The van der Waals surface area contributed by atoms with Crippen LogP contribution in [0.15, 0.2) is 59.7 Å². The molecule has 0 fully saturated rings. The van der Waals surface area contributed by atoms with Gasteiger partial charge in [0.05, 0.1) is 37.5 Å². The predicted octanol–water partition coefficient (Wildman–Crippen LogP) is 3.28. The summed E-state index contributed by atoms with van der Waals surface area (Å²) in [6, 6.07) is 17.3. The van der Waals surface area contributed by atoms with Gasteiger partial charge in [-0.05, 0) is 23.3 Å². The van der Waals surface area contributed by atoms with E-state index in [9.17, 15) is 9.59 Å². The monoisotopic (exact) mass is 398 g/mol. The van der Waals surface area contributed by atoms with Crippen molar-refractivity contribution in [3.05, 3.63) is 65.7 Å². The van der Waals surface area contributed by atoms with Gasteiger partial charge in [-0.25, -0.2) is 5.01 Å². The van der Waals surface area contributed by atoms with Gasteiger partial charge in [-0.2, -0.15) is 5.10 Å². The summed E-state index contributed by atoms with van der Waals surface area (Å²) in [6.07, 6.45) is 0.629. The van der Waals surface area contributed by atoms with Crippen molar-refractivity contribution in [2.75, 3.05) is 25.7 Å². The summed E-state index contributed by atoms with van der Waals surface area (Å²) in [5, 5.41) is 6.15. The van der Waals surface area contributed by atoms with Crippen LogP contribution in [0.5, 0.6) is 5.75 Å². The fourth-order valence-corrected chi connectivity index (χ4v) is 3.67. The van der Waals surface area contributed by atoms with E-state index < -0.39 is 0 Å². The number of hydrogen-bond donors (Lipinski definition) is 0. The van der Waals surface area contributed by atoms with Gasteiger partial charge in [0.1, 0.15) is 5.75 Å². The minimum atomic E-state index is -0.348. The van der Waals surface area contributed by atoms with Gasteiger partial charge in [-0.15, -0.1) is 11.8 Å². The van der Waals surface area contributed by atoms with Crippen molar-refractivity contribution in [3.8, 4) is 5.75 Å². The van der Waals surface area contributed by atoms with Crippen molar-refractivity contribution in [1.82, 2.24) is 5.01 Å². The van der Waals surface area contributed by atoms with Crippen LogP contribution in [0.2, 0.25) is 0 Å². The van der Waals surface area contributed by atoms with Crippen molar-refractivity contribution < 1.29 is 19.1 Å². The number of rotatable bonds is 7. The quantitative estimate of drug-likeness (QED) is 0.670. The average Bonchev–Trinajstić information content (AvgIpc) is 3.20. The van der Waals surface area contributed by atoms with Gasteiger partial charge in [0.25, 0.3) is 5.91 Å². The largest absolute Gasteiger partial charge is 0.497 e. The number of amides is 1. The Morgan fingerprint density at radius 3 is 2.43 bits per heavy atom. The lowest BCUT2D eigenvalue weighted by atomic mass is 9.98. The van der Waals surface area contributed by atoms with Crippen LogP contribution in [0.3, 0.4) is 0 Å². The number of thioether (sulfide) groups is 1. The smallest absolute Gasteiger partial charge is 0.315 e. The molecule has 0 radical (unpaired) electrons. The molecular formula is C21H22N2O4S. The normalized spacial score (nSPS) is 15.9. The molecule has 0 saturated heterocycles. The van der Waals surface area contributed by atoms with Crippen LogP contribution in [0.4, 0.5) is 0 Å². The van der Waals surface area contributed by atoms with E-state index in [1.165, 1.54) is 23.9 Å². The molecule has 0 saturated carbocycles. The molecule has 3 rings (SSSR count). The molecule has 146 valence electrons. The van der Waals surface area contributed by atoms with E-state index >= 15 is 0 Å². The van der Waals surface area contributed by atoms with E-state index in [0.29, 0.717) is 6.42 Å². The molecule has 0 spiro atoms. The number of methoxy groups -OCH3 is 2. The number of nitrogens with zero attached hydrogens (tertiary/aromatic N) is 2. The van der Waals surface area contributed by atoms with E-state index in [4.69, 9.17) is 4.74 Å². The summed E-state index contributed by atoms with van der Waals surface area (Å²) in [7, 11) is 2.96. The Hall–Kier alpha value is -2.80. The highest BCUT2D eigenvalue weighted by atomic mass is 32.2. The highest BCUT2D eigenvalue weighted by molar-refractivity contribution is 8.00. The second-order valence-electron chi connectivity index (χ2n) is 6.21. The number of benzene rings is 2. The zero-order valence-electron chi connectivity index (χ0n) is 15.8. The summed E-state index contributed by atoms with van der Waals surface area (Å²) < 4.78 is 9.85. The first-order valence-corrected chi connectivity index (χ1v) is 10.0. The fraction of sp³-hybridized carbons (Fsp3) is 0.286. The predicted molar refractivity (Wildman–Crippen MR) is 110 cm³/mol. The first-order chi connectivity index (χ1) is 13.6. The van der Waals surface area contributed by atoms with Crippen LogP contribution in [-0.4, -0.2) is 48.3 Å². The van der Waals surface area contributed by atoms with Gasteiger partial charge >= 0.3 is 5.97 Å². The van der Waals surface area contributed by atoms with E-state index in [1.807, 2.05) is 54.6 Å². The topological polar surface area (TPSA) is 68.2 Å². The lowest BCUT2D eigenvalue weighted by Gasteiger charge is -2.22. The Bertz CT molecular complexity index is 852. The van der Waals surface area contributed by atoms with Crippen molar-refractivity contribution in [2.24, 2.45) is 5.10 Å². The van der Waals surface area contributed by atoms with Crippen LogP contribution in [0, 0.1) is 0 Å². The molecule has 1 amide bonds. The molecule has 1 atom stereocenters. The van der Waals surface area contributed by atoms with Crippen molar-refractivity contribution in [3.63, 3.8) is 0 Å². The molecule has 1 aliphatic rings. The van der Waals surface area contributed by atoms with Crippen molar-refractivity contribution >= 4 is 29.4 Å². The maximum absolute atomic E-state index is 12.8. The third kappa shape index (κ3) is 4.72. The summed E-state index contributed by atoms with van der Waals surface area (Å²) >= 11 is 1.23. The molecule has 1 heterocycles. The minimum Gasteiger partial charge on any atom is -0.497 e. The second kappa shape index (κ2) is 9.41. The lowest BCUT2D eigenvalue weighted by Crippen LogP contribution is -2.29. The fourth-order valence-electron chi connectivity index (χ4n) is 2.98. The highest BCUT2D eigenvalue weighted by Crippen LogP contribution is 2.34. The summed E-state index contributed by atoms with van der Waals surface area (Å²) in [5.74, 6) is 0.573. The zero-order chi connectivity index (χ0) is 19.9. The maximum Gasteiger partial charge on any atom is 0.315 e. The van der Waals surface area contributed by atoms with Gasteiger partial charge in [0, 0.05) is 6.42 Å². The van der Waals surface area contributed by atoms with Gasteiger partial charge in [-0.1, -0.05) is 42.5 Å². The number of carbonyl (C=O) groups excluding carboxylic acids is 2. The Kier molecular flexibility index (Phi) is 6.71. The van der Waals surface area contributed by atoms with Crippen LogP contribution in [0.25, 0.3) is 0 Å². The maximum atomic E-state index is 12.8. The van der Waals surface area contributed by atoms with E-state index in [2.05, 4.69) is 9.84 Å². The van der Waals surface area contributed by atoms with Gasteiger partial charge in [-0.3, -0.25) is 9.59 Å². The summed E-state index contributed by atoms with van der Waals surface area (Å²) in [6.45, 7) is 0.